The fourth-order valence-corrected chi connectivity index (χ4v) is 5.76. The lowest BCUT2D eigenvalue weighted by Gasteiger charge is -2.27. The second kappa shape index (κ2) is 14.9. The van der Waals surface area contributed by atoms with Crippen molar-refractivity contribution in [1.82, 2.24) is 14.8 Å². The first-order valence-electron chi connectivity index (χ1n) is 16.9. The van der Waals surface area contributed by atoms with Gasteiger partial charge >= 0.3 is 24.1 Å². The largest absolute Gasteiger partial charge is 0.456 e. The topological polar surface area (TPSA) is 172 Å². The summed E-state index contributed by atoms with van der Waals surface area (Å²) in [6.45, 7) is 10.2. The van der Waals surface area contributed by atoms with Crippen LogP contribution in [-0.2, 0) is 28.5 Å². The number of benzene rings is 2. The van der Waals surface area contributed by atoms with E-state index in [0.29, 0.717) is 61.0 Å². The van der Waals surface area contributed by atoms with E-state index >= 15 is 0 Å². The third kappa shape index (κ3) is 9.30. The van der Waals surface area contributed by atoms with E-state index in [4.69, 9.17) is 23.4 Å². The molecule has 3 aromatic rings. The molecular formula is C37H43N3O11. The Bertz CT molecular complexity index is 1820. The minimum absolute atomic E-state index is 0.249. The number of nitrogens with zero attached hydrogens (tertiary/aromatic N) is 3. The summed E-state index contributed by atoms with van der Waals surface area (Å²) < 4.78 is 27.2. The van der Waals surface area contributed by atoms with Crippen LogP contribution in [0.3, 0.4) is 0 Å². The molecule has 0 saturated carbocycles. The molecule has 2 saturated heterocycles. The normalized spacial score (nSPS) is 17.7. The number of hydrogen-bond donors (Lipinski definition) is 0. The van der Waals surface area contributed by atoms with Crippen molar-refractivity contribution in [3.63, 3.8) is 0 Å². The van der Waals surface area contributed by atoms with E-state index in [2.05, 4.69) is 4.98 Å². The predicted molar refractivity (Wildman–Crippen MR) is 182 cm³/mol. The van der Waals surface area contributed by atoms with Gasteiger partial charge in [0.1, 0.15) is 28.8 Å². The Balaban J connectivity index is 1.15. The van der Waals surface area contributed by atoms with Crippen LogP contribution in [0.25, 0.3) is 22.6 Å². The molecule has 1 aromatic heterocycles. The molecule has 5 rings (SSSR count). The third-order valence-electron chi connectivity index (χ3n) is 8.16. The van der Waals surface area contributed by atoms with Gasteiger partial charge in [-0.05, 0) is 97.6 Å². The van der Waals surface area contributed by atoms with E-state index in [1.165, 1.54) is 21.9 Å². The zero-order chi connectivity index (χ0) is 37.1. The van der Waals surface area contributed by atoms with Crippen molar-refractivity contribution >= 4 is 46.8 Å². The van der Waals surface area contributed by atoms with Crippen molar-refractivity contribution in [3.8, 4) is 11.5 Å². The van der Waals surface area contributed by atoms with Crippen LogP contribution in [0, 0.1) is 0 Å². The quantitative estimate of drug-likeness (QED) is 0.150. The number of hydrogen-bond acceptors (Lipinski definition) is 12. The number of rotatable bonds is 9. The van der Waals surface area contributed by atoms with Crippen molar-refractivity contribution in [1.29, 1.82) is 0 Å². The molecule has 2 aliphatic heterocycles. The number of Topliss-reactive ketones (excluding diaryl/α,β-unsaturated/α-hetero) is 2. The number of aromatic nitrogens is 1. The zero-order valence-electron chi connectivity index (χ0n) is 29.7. The molecule has 14 heteroatoms. The van der Waals surface area contributed by atoms with Gasteiger partial charge in [0.2, 0.25) is 5.89 Å². The van der Waals surface area contributed by atoms with Gasteiger partial charge in [0.25, 0.3) is 0 Å². The van der Waals surface area contributed by atoms with E-state index in [1.54, 1.807) is 71.9 Å². The molecule has 14 nitrogen and oxygen atoms in total. The Hall–Kier alpha value is -5.27. The molecule has 0 N–H and O–H groups in total. The van der Waals surface area contributed by atoms with Gasteiger partial charge in [-0.1, -0.05) is 12.1 Å². The highest BCUT2D eigenvalue weighted by Gasteiger charge is 2.39. The SMILES string of the molecule is CC(C)(C)OC(=O)N1CCC[C@H]1C(=O)OCC(=O)c1ccc(-c2nc3cc(C(=O)COC(=O)[C@@H]4CCCN4C(=O)OC(C)(C)C)ccc3o2)cc1. The van der Waals surface area contributed by atoms with Gasteiger partial charge < -0.3 is 23.4 Å². The number of carbonyl (C=O) groups is 6. The van der Waals surface area contributed by atoms with Crippen molar-refractivity contribution in [2.24, 2.45) is 0 Å². The van der Waals surface area contributed by atoms with Crippen LogP contribution in [0.1, 0.15) is 87.9 Å². The summed E-state index contributed by atoms with van der Waals surface area (Å²) in [4.78, 5) is 83.4. The molecule has 51 heavy (non-hydrogen) atoms. The summed E-state index contributed by atoms with van der Waals surface area (Å²) in [5.74, 6) is -1.97. The maximum absolute atomic E-state index is 12.9. The number of ketones is 2. The minimum atomic E-state index is -0.821. The summed E-state index contributed by atoms with van der Waals surface area (Å²) in [6.07, 6.45) is 0.877. The molecular weight excluding hydrogens is 662 g/mol. The van der Waals surface area contributed by atoms with Gasteiger partial charge in [0.05, 0.1) is 0 Å². The maximum Gasteiger partial charge on any atom is 0.411 e. The summed E-state index contributed by atoms with van der Waals surface area (Å²) in [6, 6.07) is 9.40. The fourth-order valence-electron chi connectivity index (χ4n) is 5.76. The molecule has 2 amide bonds. The van der Waals surface area contributed by atoms with Crippen LogP contribution >= 0.6 is 0 Å². The van der Waals surface area contributed by atoms with Gasteiger partial charge in [-0.15, -0.1) is 0 Å². The highest BCUT2D eigenvalue weighted by molar-refractivity contribution is 6.01. The zero-order valence-corrected chi connectivity index (χ0v) is 29.7. The van der Waals surface area contributed by atoms with Gasteiger partial charge in [-0.25, -0.2) is 24.2 Å². The van der Waals surface area contributed by atoms with Crippen molar-refractivity contribution in [2.45, 2.75) is 90.5 Å². The molecule has 2 aliphatic rings. The lowest BCUT2D eigenvalue weighted by Crippen LogP contribution is -2.44. The molecule has 2 fully saturated rings. The lowest BCUT2D eigenvalue weighted by atomic mass is 10.1. The van der Waals surface area contributed by atoms with Crippen molar-refractivity contribution in [3.05, 3.63) is 53.6 Å². The second-order valence-electron chi connectivity index (χ2n) is 14.5. The van der Waals surface area contributed by atoms with E-state index in [0.717, 1.165) is 0 Å². The summed E-state index contributed by atoms with van der Waals surface area (Å²) in [5.41, 5.74) is 0.507. The Kier molecular flexibility index (Phi) is 10.8. The van der Waals surface area contributed by atoms with Crippen LogP contribution in [0.4, 0.5) is 9.59 Å². The first-order valence-corrected chi connectivity index (χ1v) is 16.9. The molecule has 0 bridgehead atoms. The first-order chi connectivity index (χ1) is 24.0. The van der Waals surface area contributed by atoms with Crippen LogP contribution in [0.2, 0.25) is 0 Å². The number of amides is 2. The highest BCUT2D eigenvalue weighted by Crippen LogP contribution is 2.27. The van der Waals surface area contributed by atoms with E-state index in [-0.39, 0.29) is 11.5 Å². The Morgan fingerprint density at radius 2 is 1.18 bits per heavy atom. The van der Waals surface area contributed by atoms with E-state index in [1.807, 2.05) is 0 Å². The van der Waals surface area contributed by atoms with E-state index in [9.17, 15) is 28.8 Å². The van der Waals surface area contributed by atoms with Crippen LogP contribution in [-0.4, -0.2) is 100 Å². The van der Waals surface area contributed by atoms with Crippen molar-refractivity contribution in [2.75, 3.05) is 26.3 Å². The average molecular weight is 706 g/mol. The van der Waals surface area contributed by atoms with Crippen molar-refractivity contribution < 1.29 is 52.1 Å². The van der Waals surface area contributed by atoms with E-state index < -0.39 is 72.2 Å². The molecule has 0 radical (unpaired) electrons. The number of oxazole rings is 1. The number of likely N-dealkylation sites (tertiary alicyclic amines) is 2. The van der Waals surface area contributed by atoms with Crippen LogP contribution in [0.5, 0.6) is 0 Å². The molecule has 2 atom stereocenters. The number of ether oxygens (including phenoxy) is 4. The number of esters is 2. The molecule has 0 spiro atoms. The minimum Gasteiger partial charge on any atom is -0.456 e. The van der Waals surface area contributed by atoms with Gasteiger partial charge in [0, 0.05) is 29.8 Å². The van der Waals surface area contributed by atoms with Gasteiger partial charge in [0.15, 0.2) is 30.4 Å². The fraction of sp³-hybridized carbons (Fsp3) is 0.486. The standard InChI is InChI=1S/C37H43N3O11/c1-36(2,3)50-34(45)39-17-7-9-26(39)32(43)47-20-28(41)22-11-13-23(14-12-22)31-38-25-19-24(15-16-30(25)49-31)29(42)21-48-33(44)27-10-8-18-40(27)35(46)51-37(4,5)6/h11-16,19,26-27H,7-10,17-18,20-21H2,1-6H3/t26-,27-/m0/s1. The number of fused-ring (bicyclic) bond motifs is 1. The summed E-state index contributed by atoms with van der Waals surface area (Å²) >= 11 is 0. The number of carbonyl (C=O) groups excluding carboxylic acids is 6. The average Bonchev–Trinajstić information content (AvgIpc) is 3.84. The highest BCUT2D eigenvalue weighted by atomic mass is 16.6. The molecule has 272 valence electrons. The lowest BCUT2D eigenvalue weighted by molar-refractivity contribution is -0.148. The molecule has 3 heterocycles. The van der Waals surface area contributed by atoms with Gasteiger partial charge in [-0.2, -0.15) is 0 Å². The second-order valence-corrected chi connectivity index (χ2v) is 14.5. The Morgan fingerprint density at radius 1 is 0.706 bits per heavy atom. The summed E-state index contributed by atoms with van der Waals surface area (Å²) in [7, 11) is 0. The monoisotopic (exact) mass is 705 g/mol. The van der Waals surface area contributed by atoms with Gasteiger partial charge in [-0.3, -0.25) is 19.4 Å². The molecule has 0 aliphatic carbocycles. The van der Waals surface area contributed by atoms with Crippen LogP contribution in [0.15, 0.2) is 46.9 Å². The molecule has 2 aromatic carbocycles. The maximum atomic E-state index is 12.9. The predicted octanol–water partition coefficient (Wildman–Crippen LogP) is 5.75. The Morgan fingerprint density at radius 3 is 1.67 bits per heavy atom. The third-order valence-corrected chi connectivity index (χ3v) is 8.16. The first kappa shape index (κ1) is 37.0. The Labute approximate surface area is 295 Å². The summed E-state index contributed by atoms with van der Waals surface area (Å²) in [5, 5.41) is 0. The van der Waals surface area contributed by atoms with Crippen LogP contribution < -0.4 is 0 Å². The smallest absolute Gasteiger partial charge is 0.411 e. The molecule has 0 unspecified atom stereocenters.